The Labute approximate surface area is 121 Å². The Bertz CT molecular complexity index is 742. The molecule has 3 rings (SSSR count). The second-order valence-corrected chi connectivity index (χ2v) is 5.07. The monoisotopic (exact) mass is 285 g/mol. The molecule has 0 atom stereocenters. The lowest BCUT2D eigenvalue weighted by atomic mass is 10.1. The Morgan fingerprint density at radius 3 is 2.38 bits per heavy atom. The Morgan fingerprint density at radius 1 is 1.19 bits per heavy atom. The average Bonchev–Trinajstić information content (AvgIpc) is 3.31. The molecule has 5 nitrogen and oxygen atoms in total. The molecule has 0 saturated heterocycles. The molecule has 1 heterocycles. The van der Waals surface area contributed by atoms with Crippen molar-refractivity contribution in [3.63, 3.8) is 0 Å². The molecule has 1 aromatic carbocycles. The molecule has 1 saturated carbocycles. The van der Waals surface area contributed by atoms with Crippen LogP contribution in [0.1, 0.15) is 29.2 Å². The topological polar surface area (TPSA) is 68.5 Å². The number of aromatic carboxylic acids is 1. The van der Waals surface area contributed by atoms with E-state index in [1.165, 1.54) is 6.07 Å². The van der Waals surface area contributed by atoms with Crippen molar-refractivity contribution in [2.45, 2.75) is 18.9 Å². The predicted molar refractivity (Wildman–Crippen MR) is 77.9 cm³/mol. The third-order valence-electron chi connectivity index (χ3n) is 3.64. The van der Waals surface area contributed by atoms with E-state index in [4.69, 9.17) is 9.84 Å². The minimum Gasteiger partial charge on any atom is -0.497 e. The molecule has 0 radical (unpaired) electrons. The van der Waals surface area contributed by atoms with Gasteiger partial charge in [0.25, 0.3) is 5.56 Å². The summed E-state index contributed by atoms with van der Waals surface area (Å²) in [5.41, 5.74) is 1.00. The van der Waals surface area contributed by atoms with Crippen molar-refractivity contribution < 1.29 is 14.6 Å². The number of nitrogens with zero attached hydrogens (tertiary/aromatic N) is 1. The summed E-state index contributed by atoms with van der Waals surface area (Å²) in [4.78, 5) is 23.5. The highest BCUT2D eigenvalue weighted by atomic mass is 16.5. The summed E-state index contributed by atoms with van der Waals surface area (Å²) in [6, 6.07) is 10.6. The van der Waals surface area contributed by atoms with Crippen molar-refractivity contribution in [2.24, 2.45) is 0 Å². The lowest BCUT2D eigenvalue weighted by molar-refractivity contribution is 0.0694. The van der Waals surface area contributed by atoms with Crippen LogP contribution in [0, 0.1) is 0 Å². The normalized spacial score (nSPS) is 14.0. The Kier molecular flexibility index (Phi) is 3.25. The highest BCUT2D eigenvalue weighted by Crippen LogP contribution is 2.37. The van der Waals surface area contributed by atoms with Crippen LogP contribution in [0.4, 0.5) is 0 Å². The van der Waals surface area contributed by atoms with E-state index in [1.807, 2.05) is 24.3 Å². The molecule has 5 heteroatoms. The van der Waals surface area contributed by atoms with Gasteiger partial charge in [0.05, 0.1) is 12.8 Å². The quantitative estimate of drug-likeness (QED) is 0.937. The third-order valence-corrected chi connectivity index (χ3v) is 3.64. The number of methoxy groups -OCH3 is 1. The van der Waals surface area contributed by atoms with Crippen molar-refractivity contribution >= 4 is 5.97 Å². The predicted octanol–water partition coefficient (Wildman–Crippen LogP) is 2.56. The third kappa shape index (κ3) is 2.42. The molecule has 1 aromatic heterocycles. The van der Waals surface area contributed by atoms with Gasteiger partial charge in [-0.15, -0.1) is 0 Å². The smallest absolute Gasteiger partial charge is 0.341 e. The SMILES string of the molecule is COc1ccc(-c2ccc(C(=O)O)c(=O)n2C2CC2)cc1. The Hall–Kier alpha value is -2.56. The van der Waals surface area contributed by atoms with Crippen LogP contribution in [0.2, 0.25) is 0 Å². The van der Waals surface area contributed by atoms with Crippen LogP contribution in [-0.2, 0) is 0 Å². The zero-order valence-electron chi connectivity index (χ0n) is 11.6. The number of pyridine rings is 1. The minimum atomic E-state index is -1.18. The number of aromatic nitrogens is 1. The molecule has 0 spiro atoms. The number of carboxylic acids is 1. The average molecular weight is 285 g/mol. The molecule has 21 heavy (non-hydrogen) atoms. The molecular weight excluding hydrogens is 270 g/mol. The zero-order valence-corrected chi connectivity index (χ0v) is 11.6. The second-order valence-electron chi connectivity index (χ2n) is 5.07. The number of benzene rings is 1. The van der Waals surface area contributed by atoms with E-state index in [0.29, 0.717) is 0 Å². The van der Waals surface area contributed by atoms with Gasteiger partial charge in [-0.05, 0) is 54.8 Å². The van der Waals surface area contributed by atoms with Crippen LogP contribution >= 0.6 is 0 Å². The highest BCUT2D eigenvalue weighted by molar-refractivity contribution is 5.87. The van der Waals surface area contributed by atoms with Gasteiger partial charge in [0, 0.05) is 6.04 Å². The number of hydrogen-bond donors (Lipinski definition) is 1. The summed E-state index contributed by atoms with van der Waals surface area (Å²) in [7, 11) is 1.59. The van der Waals surface area contributed by atoms with E-state index in [1.54, 1.807) is 17.7 Å². The molecule has 108 valence electrons. The Morgan fingerprint density at radius 2 is 1.86 bits per heavy atom. The summed E-state index contributed by atoms with van der Waals surface area (Å²) < 4.78 is 6.73. The first kappa shape index (κ1) is 13.4. The van der Waals surface area contributed by atoms with Gasteiger partial charge in [0.1, 0.15) is 11.3 Å². The van der Waals surface area contributed by atoms with Crippen LogP contribution in [0.5, 0.6) is 5.75 Å². The summed E-state index contributed by atoms with van der Waals surface area (Å²) in [5.74, 6) is -0.447. The maximum atomic E-state index is 12.4. The highest BCUT2D eigenvalue weighted by Gasteiger charge is 2.29. The largest absolute Gasteiger partial charge is 0.497 e. The maximum Gasteiger partial charge on any atom is 0.341 e. The van der Waals surface area contributed by atoms with Crippen LogP contribution in [0.15, 0.2) is 41.2 Å². The van der Waals surface area contributed by atoms with Gasteiger partial charge in [0.15, 0.2) is 0 Å². The fraction of sp³-hybridized carbons (Fsp3) is 0.250. The van der Waals surface area contributed by atoms with Crippen molar-refractivity contribution in [3.8, 4) is 17.0 Å². The first-order chi connectivity index (χ1) is 10.1. The lowest BCUT2D eigenvalue weighted by Crippen LogP contribution is -2.26. The number of rotatable bonds is 4. The molecule has 1 fully saturated rings. The molecule has 1 aliphatic carbocycles. The molecular formula is C16H15NO4. The standard InChI is InChI=1S/C16H15NO4/c1-21-12-6-2-10(3-7-12)14-9-8-13(16(19)20)15(18)17(14)11-4-5-11/h2-3,6-9,11H,4-5H2,1H3,(H,19,20). The van der Waals surface area contributed by atoms with Gasteiger partial charge >= 0.3 is 5.97 Å². The zero-order chi connectivity index (χ0) is 15.0. The van der Waals surface area contributed by atoms with Gasteiger partial charge in [-0.25, -0.2) is 4.79 Å². The van der Waals surface area contributed by atoms with E-state index < -0.39 is 11.5 Å². The number of carboxylic acid groups (broad SMARTS) is 1. The second kappa shape index (κ2) is 5.09. The van der Waals surface area contributed by atoms with E-state index >= 15 is 0 Å². The van der Waals surface area contributed by atoms with Crippen molar-refractivity contribution in [2.75, 3.05) is 7.11 Å². The number of ether oxygens (including phenoxy) is 1. The van der Waals surface area contributed by atoms with E-state index in [9.17, 15) is 9.59 Å². The summed E-state index contributed by atoms with van der Waals surface area (Å²) in [6.45, 7) is 0. The van der Waals surface area contributed by atoms with Gasteiger partial charge < -0.3 is 14.4 Å². The van der Waals surface area contributed by atoms with Gasteiger partial charge in [-0.2, -0.15) is 0 Å². The fourth-order valence-corrected chi connectivity index (χ4v) is 2.41. The van der Waals surface area contributed by atoms with Gasteiger partial charge in [-0.3, -0.25) is 4.79 Å². The minimum absolute atomic E-state index is 0.105. The van der Waals surface area contributed by atoms with Crippen LogP contribution in [0.25, 0.3) is 11.3 Å². The van der Waals surface area contributed by atoms with Gasteiger partial charge in [0.2, 0.25) is 0 Å². The maximum absolute atomic E-state index is 12.4. The molecule has 0 aliphatic heterocycles. The first-order valence-corrected chi connectivity index (χ1v) is 6.75. The fourth-order valence-electron chi connectivity index (χ4n) is 2.41. The van der Waals surface area contributed by atoms with Crippen molar-refractivity contribution in [1.29, 1.82) is 0 Å². The van der Waals surface area contributed by atoms with E-state index in [2.05, 4.69) is 0 Å². The molecule has 0 unspecified atom stereocenters. The summed E-state index contributed by atoms with van der Waals surface area (Å²) in [6.07, 6.45) is 1.82. The molecule has 1 N–H and O–H groups in total. The van der Waals surface area contributed by atoms with Crippen molar-refractivity contribution in [3.05, 3.63) is 52.3 Å². The molecule has 0 amide bonds. The first-order valence-electron chi connectivity index (χ1n) is 6.75. The number of carbonyl (C=O) groups is 1. The van der Waals surface area contributed by atoms with Crippen LogP contribution in [-0.4, -0.2) is 22.8 Å². The van der Waals surface area contributed by atoms with E-state index in [0.717, 1.165) is 29.8 Å². The molecule has 2 aromatic rings. The van der Waals surface area contributed by atoms with Crippen LogP contribution < -0.4 is 10.3 Å². The van der Waals surface area contributed by atoms with Crippen molar-refractivity contribution in [1.82, 2.24) is 4.57 Å². The summed E-state index contributed by atoms with van der Waals surface area (Å²) in [5, 5.41) is 9.09. The lowest BCUT2D eigenvalue weighted by Gasteiger charge is -2.13. The molecule has 0 bridgehead atoms. The van der Waals surface area contributed by atoms with Gasteiger partial charge in [-0.1, -0.05) is 0 Å². The van der Waals surface area contributed by atoms with E-state index in [-0.39, 0.29) is 11.6 Å². The number of hydrogen-bond acceptors (Lipinski definition) is 3. The van der Waals surface area contributed by atoms with Crippen LogP contribution in [0.3, 0.4) is 0 Å². The summed E-state index contributed by atoms with van der Waals surface area (Å²) >= 11 is 0. The molecule has 1 aliphatic rings. The Balaban J connectivity index is 2.15.